The number of hydrogen-bond donors (Lipinski definition) is 0. The van der Waals surface area contributed by atoms with E-state index in [-0.39, 0.29) is 37.8 Å². The van der Waals surface area contributed by atoms with E-state index in [9.17, 15) is 22.8 Å². The van der Waals surface area contributed by atoms with Gasteiger partial charge in [0.05, 0.1) is 13.2 Å². The second kappa shape index (κ2) is 5.99. The third kappa shape index (κ3) is 3.41. The van der Waals surface area contributed by atoms with Crippen molar-refractivity contribution in [3.05, 3.63) is 0 Å². The van der Waals surface area contributed by atoms with Gasteiger partial charge in [0.2, 0.25) is 5.91 Å². The smallest absolute Gasteiger partial charge is 0.378 e. The Labute approximate surface area is 114 Å². The van der Waals surface area contributed by atoms with E-state index >= 15 is 0 Å². The zero-order chi connectivity index (χ0) is 14.8. The first-order chi connectivity index (χ1) is 9.39. The Morgan fingerprint density at radius 1 is 0.950 bits per heavy atom. The molecule has 0 aromatic carbocycles. The average Bonchev–Trinajstić information content (AvgIpc) is 2.46. The maximum absolute atomic E-state index is 12.3. The molecule has 0 aliphatic carbocycles. The molecule has 2 amide bonds. The Balaban J connectivity index is 1.84. The molecule has 0 aromatic rings. The van der Waals surface area contributed by atoms with Gasteiger partial charge in [0.25, 0.3) is 0 Å². The molecule has 8 heteroatoms. The highest BCUT2D eigenvalue weighted by Crippen LogP contribution is 2.25. The maximum atomic E-state index is 12.3. The fraction of sp³-hybridized carbons (Fsp3) is 0.833. The normalized spacial score (nSPS) is 21.9. The molecule has 114 valence electrons. The van der Waals surface area contributed by atoms with Gasteiger partial charge in [-0.3, -0.25) is 9.59 Å². The minimum Gasteiger partial charge on any atom is -0.378 e. The molecule has 2 aliphatic heterocycles. The van der Waals surface area contributed by atoms with Gasteiger partial charge in [0.1, 0.15) is 0 Å². The summed E-state index contributed by atoms with van der Waals surface area (Å²) >= 11 is 0. The summed E-state index contributed by atoms with van der Waals surface area (Å²) in [6, 6.07) is 0. The van der Waals surface area contributed by atoms with Gasteiger partial charge in [-0.25, -0.2) is 0 Å². The molecular formula is C12H17F3N2O3. The number of piperidine rings is 1. The van der Waals surface area contributed by atoms with E-state index in [0.29, 0.717) is 26.3 Å². The number of hydrogen-bond acceptors (Lipinski definition) is 3. The Morgan fingerprint density at radius 3 is 2.00 bits per heavy atom. The van der Waals surface area contributed by atoms with Crippen molar-refractivity contribution in [2.45, 2.75) is 19.0 Å². The summed E-state index contributed by atoms with van der Waals surface area (Å²) in [6.07, 6.45) is -4.25. The molecule has 0 spiro atoms. The van der Waals surface area contributed by atoms with Crippen molar-refractivity contribution in [3.8, 4) is 0 Å². The van der Waals surface area contributed by atoms with Crippen molar-refractivity contribution in [1.82, 2.24) is 9.80 Å². The van der Waals surface area contributed by atoms with Crippen LogP contribution in [0.3, 0.4) is 0 Å². The molecular weight excluding hydrogens is 277 g/mol. The standard InChI is InChI=1S/C12H17F3N2O3/c13-12(14,15)11(19)17-3-1-9(2-4-17)10(18)16-5-7-20-8-6-16/h9H,1-8H2. The molecule has 2 fully saturated rings. The molecule has 2 saturated heterocycles. The van der Waals surface area contributed by atoms with Gasteiger partial charge in [0, 0.05) is 32.1 Å². The predicted molar refractivity (Wildman–Crippen MR) is 62.8 cm³/mol. The molecule has 20 heavy (non-hydrogen) atoms. The van der Waals surface area contributed by atoms with Crippen LogP contribution in [0.25, 0.3) is 0 Å². The molecule has 0 radical (unpaired) electrons. The van der Waals surface area contributed by atoms with E-state index in [2.05, 4.69) is 0 Å². The molecule has 5 nitrogen and oxygen atoms in total. The highest BCUT2D eigenvalue weighted by atomic mass is 19.4. The van der Waals surface area contributed by atoms with Crippen molar-refractivity contribution in [3.63, 3.8) is 0 Å². The minimum absolute atomic E-state index is 0.0148. The molecule has 2 rings (SSSR count). The average molecular weight is 294 g/mol. The molecule has 2 aliphatic rings. The number of rotatable bonds is 1. The Morgan fingerprint density at radius 2 is 1.50 bits per heavy atom. The lowest BCUT2D eigenvalue weighted by Gasteiger charge is -2.35. The number of ether oxygens (including phenoxy) is 1. The van der Waals surface area contributed by atoms with Crippen molar-refractivity contribution in [2.24, 2.45) is 5.92 Å². The number of halogens is 3. The van der Waals surface area contributed by atoms with Crippen LogP contribution >= 0.6 is 0 Å². The highest BCUT2D eigenvalue weighted by Gasteiger charge is 2.44. The molecule has 0 N–H and O–H groups in total. The number of morpholine rings is 1. The summed E-state index contributed by atoms with van der Waals surface area (Å²) in [5.41, 5.74) is 0. The van der Waals surface area contributed by atoms with Gasteiger partial charge in [-0.2, -0.15) is 13.2 Å². The summed E-state index contributed by atoms with van der Waals surface area (Å²) in [4.78, 5) is 25.7. The summed E-state index contributed by atoms with van der Waals surface area (Å²) in [5, 5.41) is 0. The van der Waals surface area contributed by atoms with Crippen LogP contribution in [0.4, 0.5) is 13.2 Å². The van der Waals surface area contributed by atoms with Crippen LogP contribution in [0.2, 0.25) is 0 Å². The fourth-order valence-corrected chi connectivity index (χ4v) is 2.55. The number of likely N-dealkylation sites (tertiary alicyclic amines) is 1. The topological polar surface area (TPSA) is 49.9 Å². The van der Waals surface area contributed by atoms with Crippen molar-refractivity contribution in [1.29, 1.82) is 0 Å². The molecule has 0 saturated carbocycles. The van der Waals surface area contributed by atoms with Gasteiger partial charge in [-0.05, 0) is 12.8 Å². The SMILES string of the molecule is O=C(C1CCN(C(=O)C(F)(F)F)CC1)N1CCOCC1. The number of amides is 2. The second-order valence-electron chi connectivity index (χ2n) is 5.00. The molecule has 2 heterocycles. The quantitative estimate of drug-likeness (QED) is 0.713. The number of carbonyl (C=O) groups is 2. The van der Waals surface area contributed by atoms with E-state index in [1.54, 1.807) is 4.90 Å². The van der Waals surface area contributed by atoms with E-state index in [1.807, 2.05) is 0 Å². The summed E-state index contributed by atoms with van der Waals surface area (Å²) in [7, 11) is 0. The molecule has 0 bridgehead atoms. The van der Waals surface area contributed by atoms with Crippen LogP contribution < -0.4 is 0 Å². The third-order valence-corrected chi connectivity index (χ3v) is 3.70. The highest BCUT2D eigenvalue weighted by molar-refractivity contribution is 5.83. The lowest BCUT2D eigenvalue weighted by atomic mass is 9.95. The fourth-order valence-electron chi connectivity index (χ4n) is 2.55. The van der Waals surface area contributed by atoms with E-state index in [0.717, 1.165) is 4.90 Å². The van der Waals surface area contributed by atoms with Crippen LogP contribution in [0.5, 0.6) is 0 Å². The first kappa shape index (κ1) is 15.1. The Bertz CT molecular complexity index is 373. The summed E-state index contributed by atoms with van der Waals surface area (Å²) in [6.45, 7) is 2.02. The second-order valence-corrected chi connectivity index (χ2v) is 5.00. The first-order valence-electron chi connectivity index (χ1n) is 6.62. The van der Waals surface area contributed by atoms with Crippen molar-refractivity contribution < 1.29 is 27.5 Å². The van der Waals surface area contributed by atoms with E-state index in [4.69, 9.17) is 4.74 Å². The zero-order valence-electron chi connectivity index (χ0n) is 11.0. The van der Waals surface area contributed by atoms with Crippen LogP contribution in [0.15, 0.2) is 0 Å². The number of alkyl halides is 3. The molecule has 0 unspecified atom stereocenters. The van der Waals surface area contributed by atoms with Gasteiger partial charge >= 0.3 is 12.1 Å². The monoisotopic (exact) mass is 294 g/mol. The Hall–Kier alpha value is -1.31. The summed E-state index contributed by atoms with van der Waals surface area (Å²) < 4.78 is 42.1. The van der Waals surface area contributed by atoms with Gasteiger partial charge in [0.15, 0.2) is 0 Å². The lowest BCUT2D eigenvalue weighted by molar-refractivity contribution is -0.187. The van der Waals surface area contributed by atoms with Crippen LogP contribution in [0, 0.1) is 5.92 Å². The number of nitrogens with zero attached hydrogens (tertiary/aromatic N) is 2. The third-order valence-electron chi connectivity index (χ3n) is 3.70. The minimum atomic E-state index is -4.83. The van der Waals surface area contributed by atoms with Crippen molar-refractivity contribution in [2.75, 3.05) is 39.4 Å². The van der Waals surface area contributed by atoms with Crippen LogP contribution in [0.1, 0.15) is 12.8 Å². The predicted octanol–water partition coefficient (Wildman–Crippen LogP) is 0.646. The van der Waals surface area contributed by atoms with E-state index in [1.165, 1.54) is 0 Å². The van der Waals surface area contributed by atoms with Crippen molar-refractivity contribution >= 4 is 11.8 Å². The van der Waals surface area contributed by atoms with Crippen LogP contribution in [-0.4, -0.2) is 67.2 Å². The summed E-state index contributed by atoms with van der Waals surface area (Å²) in [5.74, 6) is -2.13. The first-order valence-corrected chi connectivity index (χ1v) is 6.62. The van der Waals surface area contributed by atoms with E-state index < -0.39 is 12.1 Å². The number of carbonyl (C=O) groups excluding carboxylic acids is 2. The van der Waals surface area contributed by atoms with Gasteiger partial charge in [-0.1, -0.05) is 0 Å². The Kier molecular flexibility index (Phi) is 4.52. The van der Waals surface area contributed by atoms with Crippen LogP contribution in [-0.2, 0) is 14.3 Å². The molecule has 0 aromatic heterocycles. The lowest BCUT2D eigenvalue weighted by Crippen LogP contribution is -2.49. The maximum Gasteiger partial charge on any atom is 0.471 e. The molecule has 0 atom stereocenters. The zero-order valence-corrected chi connectivity index (χ0v) is 11.0. The van der Waals surface area contributed by atoms with Gasteiger partial charge < -0.3 is 14.5 Å². The largest absolute Gasteiger partial charge is 0.471 e. The van der Waals surface area contributed by atoms with Gasteiger partial charge in [-0.15, -0.1) is 0 Å².